The Hall–Kier alpha value is -3.71. The Labute approximate surface area is 136 Å². The van der Waals surface area contributed by atoms with E-state index in [4.69, 9.17) is 10.5 Å². The Morgan fingerprint density at radius 2 is 1.17 bits per heavy atom. The van der Waals surface area contributed by atoms with Gasteiger partial charge < -0.3 is 20.4 Å². The first-order valence-electron chi connectivity index (χ1n) is 6.78. The maximum atomic E-state index is 12.8. The lowest BCUT2D eigenvalue weighted by molar-refractivity contribution is 0.103. The molecule has 0 unspecified atom stereocenters. The Kier molecular flexibility index (Phi) is 4.57. The van der Waals surface area contributed by atoms with Crippen molar-refractivity contribution in [3.05, 3.63) is 46.5 Å². The highest BCUT2D eigenvalue weighted by Crippen LogP contribution is 2.36. The summed E-state index contributed by atoms with van der Waals surface area (Å²) in [7, 11) is 0. The van der Waals surface area contributed by atoms with Gasteiger partial charge in [0.1, 0.15) is 0 Å². The second-order valence-corrected chi connectivity index (χ2v) is 4.92. The van der Waals surface area contributed by atoms with Crippen LogP contribution in [0, 0.1) is 22.7 Å². The molecule has 0 aliphatic carbocycles. The van der Waals surface area contributed by atoms with Gasteiger partial charge in [-0.3, -0.25) is 4.79 Å². The molecular weight excluding hydrogens is 312 g/mol. The van der Waals surface area contributed by atoms with Gasteiger partial charge in [0.2, 0.25) is 0 Å². The number of ketones is 1. The Balaban J connectivity index is 2.67. The molecule has 0 spiro atoms. The normalized spacial score (nSPS) is 9.92. The number of rotatable bonds is 4. The second kappa shape index (κ2) is 6.59. The van der Waals surface area contributed by atoms with Crippen LogP contribution in [0.15, 0.2) is 24.3 Å². The van der Waals surface area contributed by atoms with Gasteiger partial charge in [-0.2, -0.15) is 10.5 Å². The highest BCUT2D eigenvalue weighted by molar-refractivity contribution is 6.12. The predicted octanol–water partition coefficient (Wildman–Crippen LogP) is 1.87. The Morgan fingerprint density at radius 3 is 1.50 bits per heavy atom. The van der Waals surface area contributed by atoms with Crippen molar-refractivity contribution in [2.75, 3.05) is 0 Å². The first-order chi connectivity index (χ1) is 11.4. The molecule has 2 aromatic rings. The van der Waals surface area contributed by atoms with E-state index in [1.165, 1.54) is 12.1 Å². The third-order valence-corrected chi connectivity index (χ3v) is 3.52. The summed E-state index contributed by atoms with van der Waals surface area (Å²) in [5.41, 5.74) is -0.205. The average Bonchev–Trinajstić information content (AvgIpc) is 2.56. The fourth-order valence-corrected chi connectivity index (χ4v) is 2.33. The molecule has 0 bridgehead atoms. The predicted molar refractivity (Wildman–Crippen MR) is 81.6 cm³/mol. The van der Waals surface area contributed by atoms with E-state index in [-0.39, 0.29) is 35.1 Å². The Morgan fingerprint density at radius 1 is 0.792 bits per heavy atom. The average molecular weight is 324 g/mol. The summed E-state index contributed by atoms with van der Waals surface area (Å²) in [6.07, 6.45) is -0.641. The molecule has 0 saturated carbocycles. The monoisotopic (exact) mass is 324 g/mol. The number of aromatic hydroxyl groups is 4. The van der Waals surface area contributed by atoms with E-state index in [0.29, 0.717) is 0 Å². The van der Waals surface area contributed by atoms with Crippen molar-refractivity contribution in [2.24, 2.45) is 0 Å². The van der Waals surface area contributed by atoms with Gasteiger partial charge >= 0.3 is 0 Å². The van der Waals surface area contributed by atoms with E-state index >= 15 is 0 Å². The molecule has 4 N–H and O–H groups in total. The van der Waals surface area contributed by atoms with Crippen LogP contribution in [0.4, 0.5) is 0 Å². The summed E-state index contributed by atoms with van der Waals surface area (Å²) in [6, 6.07) is 8.28. The quantitative estimate of drug-likeness (QED) is 0.496. The third kappa shape index (κ3) is 2.79. The first-order valence-corrected chi connectivity index (χ1v) is 6.78. The van der Waals surface area contributed by atoms with Crippen LogP contribution in [0.25, 0.3) is 0 Å². The van der Waals surface area contributed by atoms with Gasteiger partial charge in [-0.1, -0.05) is 0 Å². The number of hydrogen-bond donors (Lipinski definition) is 4. The molecule has 0 saturated heterocycles. The van der Waals surface area contributed by atoms with Crippen molar-refractivity contribution in [1.82, 2.24) is 0 Å². The molecule has 2 aromatic carbocycles. The summed E-state index contributed by atoms with van der Waals surface area (Å²) in [5, 5.41) is 56.6. The smallest absolute Gasteiger partial charge is 0.193 e. The number of hydrogen-bond acceptors (Lipinski definition) is 7. The minimum absolute atomic E-state index is 0.0453. The van der Waals surface area contributed by atoms with Crippen LogP contribution >= 0.6 is 0 Å². The number of carbonyl (C=O) groups excluding carboxylic acids is 1. The zero-order valence-electron chi connectivity index (χ0n) is 12.3. The van der Waals surface area contributed by atoms with Gasteiger partial charge in [0, 0.05) is 22.3 Å². The standard InChI is InChI=1S/C17H12N2O5/c18-7-5-11-9(1-3-13(20)16(11)23)15(22)10-2-4-14(21)17(24)12(10)6-8-19/h1-4,20-21,23-24H,5-6H2. The fourth-order valence-electron chi connectivity index (χ4n) is 2.33. The minimum Gasteiger partial charge on any atom is -0.504 e. The number of phenols is 4. The summed E-state index contributed by atoms with van der Waals surface area (Å²) < 4.78 is 0. The van der Waals surface area contributed by atoms with Crippen molar-refractivity contribution in [2.45, 2.75) is 12.8 Å². The van der Waals surface area contributed by atoms with Crippen LogP contribution in [-0.4, -0.2) is 26.2 Å². The van der Waals surface area contributed by atoms with E-state index in [9.17, 15) is 25.2 Å². The summed E-state index contributed by atoms with van der Waals surface area (Å²) >= 11 is 0. The van der Waals surface area contributed by atoms with Crippen LogP contribution < -0.4 is 0 Å². The number of nitrogens with zero attached hydrogens (tertiary/aromatic N) is 2. The van der Waals surface area contributed by atoms with Crippen molar-refractivity contribution in [3.8, 4) is 35.1 Å². The van der Waals surface area contributed by atoms with Gasteiger partial charge in [0.05, 0.1) is 25.0 Å². The molecule has 0 aliphatic rings. The molecule has 24 heavy (non-hydrogen) atoms. The van der Waals surface area contributed by atoms with Crippen LogP contribution in [0.3, 0.4) is 0 Å². The zero-order valence-corrected chi connectivity index (χ0v) is 12.3. The lowest BCUT2D eigenvalue weighted by Crippen LogP contribution is -2.09. The summed E-state index contributed by atoms with van der Waals surface area (Å²) in [5.74, 6) is -2.75. The van der Waals surface area contributed by atoms with E-state index in [1.807, 2.05) is 0 Å². The van der Waals surface area contributed by atoms with Crippen molar-refractivity contribution in [1.29, 1.82) is 10.5 Å². The van der Waals surface area contributed by atoms with E-state index in [2.05, 4.69) is 0 Å². The maximum Gasteiger partial charge on any atom is 0.193 e. The molecule has 0 aromatic heterocycles. The largest absolute Gasteiger partial charge is 0.504 e. The van der Waals surface area contributed by atoms with Gasteiger partial charge in [0.25, 0.3) is 0 Å². The van der Waals surface area contributed by atoms with E-state index in [0.717, 1.165) is 12.1 Å². The molecule has 0 radical (unpaired) electrons. The topological polar surface area (TPSA) is 146 Å². The van der Waals surface area contributed by atoms with Gasteiger partial charge in [-0.15, -0.1) is 0 Å². The molecule has 120 valence electrons. The fraction of sp³-hybridized carbons (Fsp3) is 0.118. The van der Waals surface area contributed by atoms with Crippen LogP contribution in [0.2, 0.25) is 0 Å². The molecule has 0 atom stereocenters. The molecule has 0 aliphatic heterocycles. The maximum absolute atomic E-state index is 12.8. The molecule has 0 amide bonds. The van der Waals surface area contributed by atoms with Crippen LogP contribution in [0.1, 0.15) is 27.0 Å². The van der Waals surface area contributed by atoms with Crippen molar-refractivity contribution < 1.29 is 25.2 Å². The second-order valence-electron chi connectivity index (χ2n) is 4.92. The highest BCUT2D eigenvalue weighted by atomic mass is 16.3. The molecule has 2 rings (SSSR count). The molecule has 0 fully saturated rings. The SMILES string of the molecule is N#CCc1c(C(=O)c2ccc(O)c(O)c2CC#N)ccc(O)c1O. The van der Waals surface area contributed by atoms with Gasteiger partial charge in [0.15, 0.2) is 28.8 Å². The van der Waals surface area contributed by atoms with Gasteiger partial charge in [-0.05, 0) is 24.3 Å². The lowest BCUT2D eigenvalue weighted by Gasteiger charge is -2.13. The molecular formula is C17H12N2O5. The highest BCUT2D eigenvalue weighted by Gasteiger charge is 2.23. The summed E-state index contributed by atoms with van der Waals surface area (Å²) in [4.78, 5) is 12.8. The lowest BCUT2D eigenvalue weighted by atomic mass is 9.91. The minimum atomic E-state index is -0.656. The number of nitriles is 2. The Bertz CT molecular complexity index is 833. The summed E-state index contributed by atoms with van der Waals surface area (Å²) in [6.45, 7) is 0. The zero-order chi connectivity index (χ0) is 17.9. The van der Waals surface area contributed by atoms with Crippen LogP contribution in [0.5, 0.6) is 23.0 Å². The molecule has 7 heteroatoms. The number of carbonyl (C=O) groups is 1. The first kappa shape index (κ1) is 16.7. The van der Waals surface area contributed by atoms with E-state index < -0.39 is 28.8 Å². The number of phenolic OH excluding ortho intramolecular Hbond substituents is 4. The third-order valence-electron chi connectivity index (χ3n) is 3.52. The van der Waals surface area contributed by atoms with Crippen molar-refractivity contribution in [3.63, 3.8) is 0 Å². The molecule has 7 nitrogen and oxygen atoms in total. The van der Waals surface area contributed by atoms with Crippen LogP contribution in [-0.2, 0) is 12.8 Å². The van der Waals surface area contributed by atoms with E-state index in [1.54, 1.807) is 12.1 Å². The molecule has 0 heterocycles. The van der Waals surface area contributed by atoms with Crippen molar-refractivity contribution >= 4 is 5.78 Å². The number of benzene rings is 2. The van der Waals surface area contributed by atoms with Gasteiger partial charge in [-0.25, -0.2) is 0 Å².